The van der Waals surface area contributed by atoms with Crippen molar-refractivity contribution in [1.29, 1.82) is 0 Å². The number of benzene rings is 1. The Labute approximate surface area is 125 Å². The first-order chi connectivity index (χ1) is 9.83. The van der Waals surface area contributed by atoms with Gasteiger partial charge in [-0.15, -0.1) is 0 Å². The Bertz CT molecular complexity index is 541. The lowest BCUT2D eigenvalue weighted by Gasteiger charge is -2.24. The van der Waals surface area contributed by atoms with E-state index in [1.165, 1.54) is 30.5 Å². The summed E-state index contributed by atoms with van der Waals surface area (Å²) >= 11 is 5.91. The molecule has 1 saturated heterocycles. The first-order valence-corrected chi connectivity index (χ1v) is 7.68. The minimum Gasteiger partial charge on any atom is -0.333 e. The monoisotopic (exact) mass is 289 g/mol. The summed E-state index contributed by atoms with van der Waals surface area (Å²) in [7, 11) is 0. The molecule has 0 bridgehead atoms. The Morgan fingerprint density at radius 3 is 2.85 bits per heavy atom. The second kappa shape index (κ2) is 6.42. The number of aromatic nitrogens is 2. The van der Waals surface area contributed by atoms with Gasteiger partial charge >= 0.3 is 0 Å². The number of rotatable bonds is 4. The van der Waals surface area contributed by atoms with E-state index in [4.69, 9.17) is 11.6 Å². The van der Waals surface area contributed by atoms with E-state index in [2.05, 4.69) is 27.0 Å². The summed E-state index contributed by atoms with van der Waals surface area (Å²) in [6.07, 6.45) is 8.77. The van der Waals surface area contributed by atoms with E-state index in [9.17, 15) is 0 Å². The number of hydrogen-bond acceptors (Lipinski definition) is 2. The van der Waals surface area contributed by atoms with Crippen LogP contribution in [-0.4, -0.2) is 16.1 Å². The highest BCUT2D eigenvalue weighted by Gasteiger charge is 2.18. The number of piperidine rings is 1. The van der Waals surface area contributed by atoms with Crippen molar-refractivity contribution >= 4 is 11.6 Å². The van der Waals surface area contributed by atoms with Crippen LogP contribution >= 0.6 is 11.6 Å². The van der Waals surface area contributed by atoms with Crippen molar-refractivity contribution in [1.82, 2.24) is 14.9 Å². The molecule has 0 radical (unpaired) electrons. The molecule has 1 aromatic carbocycles. The first-order valence-electron chi connectivity index (χ1n) is 7.31. The molecule has 2 heterocycles. The molecule has 4 heteroatoms. The van der Waals surface area contributed by atoms with Crippen LogP contribution in [0.3, 0.4) is 0 Å². The average Bonchev–Trinajstić information content (AvgIpc) is 2.96. The summed E-state index contributed by atoms with van der Waals surface area (Å²) in [6.45, 7) is 2.09. The minimum atomic E-state index is 0.469. The zero-order chi connectivity index (χ0) is 13.8. The fourth-order valence-electron chi connectivity index (χ4n) is 2.81. The molecular formula is C16H20ClN3. The van der Waals surface area contributed by atoms with Gasteiger partial charge in [-0.25, -0.2) is 4.98 Å². The van der Waals surface area contributed by atoms with Gasteiger partial charge in [-0.2, -0.15) is 0 Å². The quantitative estimate of drug-likeness (QED) is 0.932. The predicted molar refractivity (Wildman–Crippen MR) is 82.0 cm³/mol. The Hall–Kier alpha value is -1.32. The van der Waals surface area contributed by atoms with Gasteiger partial charge in [0.2, 0.25) is 0 Å². The Kier molecular flexibility index (Phi) is 4.38. The smallest absolute Gasteiger partial charge is 0.0948 e. The number of nitrogens with one attached hydrogen (secondary N) is 1. The number of imidazole rings is 1. The molecule has 20 heavy (non-hydrogen) atoms. The van der Waals surface area contributed by atoms with Gasteiger partial charge in [0.05, 0.1) is 12.0 Å². The van der Waals surface area contributed by atoms with E-state index >= 15 is 0 Å². The van der Waals surface area contributed by atoms with Crippen molar-refractivity contribution in [2.75, 3.05) is 6.54 Å². The number of aryl methyl sites for hydroxylation is 2. The lowest BCUT2D eigenvalue weighted by Crippen LogP contribution is -2.28. The highest BCUT2D eigenvalue weighted by Crippen LogP contribution is 2.22. The Balaban J connectivity index is 1.65. The van der Waals surface area contributed by atoms with Crippen molar-refractivity contribution in [2.24, 2.45) is 0 Å². The zero-order valence-corrected chi connectivity index (χ0v) is 12.3. The highest BCUT2D eigenvalue weighted by atomic mass is 35.5. The molecule has 2 aromatic rings. The fraction of sp³-hybridized carbons (Fsp3) is 0.438. The number of halogens is 1. The Morgan fingerprint density at radius 1 is 1.25 bits per heavy atom. The van der Waals surface area contributed by atoms with Crippen molar-refractivity contribution in [3.63, 3.8) is 0 Å². The predicted octanol–water partition coefficient (Wildman–Crippen LogP) is 3.59. The number of hydrogen-bond donors (Lipinski definition) is 1. The lowest BCUT2D eigenvalue weighted by molar-refractivity contribution is 0.393. The molecule has 1 unspecified atom stereocenters. The molecule has 1 aliphatic rings. The largest absolute Gasteiger partial charge is 0.333 e. The minimum absolute atomic E-state index is 0.469. The summed E-state index contributed by atoms with van der Waals surface area (Å²) in [5.41, 5.74) is 2.63. The molecule has 0 saturated carbocycles. The standard InChI is InChI=1S/C16H20ClN3/c17-14-6-4-13(5-7-14)8-10-20-12-18-11-16(20)15-3-1-2-9-19-15/h4-7,11-12,15,19H,1-3,8-10H2. The normalized spacial score (nSPS) is 19.1. The summed E-state index contributed by atoms with van der Waals surface area (Å²) in [5.74, 6) is 0. The van der Waals surface area contributed by atoms with E-state index < -0.39 is 0 Å². The topological polar surface area (TPSA) is 29.9 Å². The first kappa shape index (κ1) is 13.7. The van der Waals surface area contributed by atoms with Crippen LogP contribution in [0, 0.1) is 0 Å². The Morgan fingerprint density at radius 2 is 2.10 bits per heavy atom. The molecule has 0 aliphatic carbocycles. The van der Waals surface area contributed by atoms with E-state index in [1.54, 1.807) is 0 Å². The van der Waals surface area contributed by atoms with Crippen molar-refractivity contribution in [3.05, 3.63) is 53.1 Å². The van der Waals surface area contributed by atoms with Crippen LogP contribution in [0.4, 0.5) is 0 Å². The van der Waals surface area contributed by atoms with Crippen LogP contribution in [0.2, 0.25) is 5.02 Å². The maximum atomic E-state index is 5.91. The summed E-state index contributed by atoms with van der Waals surface area (Å²) in [6, 6.07) is 8.56. The second-order valence-electron chi connectivity index (χ2n) is 5.39. The van der Waals surface area contributed by atoms with Crippen molar-refractivity contribution in [2.45, 2.75) is 38.3 Å². The van der Waals surface area contributed by atoms with Gasteiger partial charge < -0.3 is 9.88 Å². The van der Waals surface area contributed by atoms with Gasteiger partial charge in [0.25, 0.3) is 0 Å². The van der Waals surface area contributed by atoms with E-state index in [0.717, 1.165) is 24.5 Å². The zero-order valence-electron chi connectivity index (χ0n) is 11.6. The fourth-order valence-corrected chi connectivity index (χ4v) is 2.94. The van der Waals surface area contributed by atoms with Gasteiger partial charge in [0.15, 0.2) is 0 Å². The van der Waals surface area contributed by atoms with Crippen LogP contribution in [0.1, 0.15) is 36.6 Å². The highest BCUT2D eigenvalue weighted by molar-refractivity contribution is 6.30. The molecule has 1 N–H and O–H groups in total. The molecule has 1 aromatic heterocycles. The molecule has 0 spiro atoms. The lowest BCUT2D eigenvalue weighted by atomic mass is 10.0. The third-order valence-electron chi connectivity index (χ3n) is 3.97. The van der Waals surface area contributed by atoms with E-state index in [1.807, 2.05) is 24.7 Å². The van der Waals surface area contributed by atoms with Gasteiger partial charge in [0.1, 0.15) is 0 Å². The molecule has 3 rings (SSSR count). The summed E-state index contributed by atoms with van der Waals surface area (Å²) in [5, 5.41) is 4.38. The maximum Gasteiger partial charge on any atom is 0.0948 e. The van der Waals surface area contributed by atoms with E-state index in [-0.39, 0.29) is 0 Å². The van der Waals surface area contributed by atoms with Crippen LogP contribution in [-0.2, 0) is 13.0 Å². The van der Waals surface area contributed by atoms with Crippen LogP contribution < -0.4 is 5.32 Å². The second-order valence-corrected chi connectivity index (χ2v) is 5.83. The molecule has 106 valence electrons. The summed E-state index contributed by atoms with van der Waals surface area (Å²) in [4.78, 5) is 4.33. The van der Waals surface area contributed by atoms with Gasteiger partial charge in [-0.05, 0) is 43.5 Å². The summed E-state index contributed by atoms with van der Waals surface area (Å²) < 4.78 is 2.28. The van der Waals surface area contributed by atoms with Gasteiger partial charge in [0, 0.05) is 23.8 Å². The van der Waals surface area contributed by atoms with Crippen LogP contribution in [0.15, 0.2) is 36.8 Å². The van der Waals surface area contributed by atoms with Gasteiger partial charge in [-0.1, -0.05) is 30.2 Å². The number of nitrogens with zero attached hydrogens (tertiary/aromatic N) is 2. The third kappa shape index (κ3) is 3.22. The van der Waals surface area contributed by atoms with Crippen molar-refractivity contribution in [3.8, 4) is 0 Å². The van der Waals surface area contributed by atoms with Crippen LogP contribution in [0.25, 0.3) is 0 Å². The van der Waals surface area contributed by atoms with Crippen LogP contribution in [0.5, 0.6) is 0 Å². The molecule has 0 amide bonds. The maximum absolute atomic E-state index is 5.91. The SMILES string of the molecule is Clc1ccc(CCn2cncc2C2CCCCN2)cc1. The average molecular weight is 290 g/mol. The molecule has 3 nitrogen and oxygen atoms in total. The molecule has 1 aliphatic heterocycles. The van der Waals surface area contributed by atoms with E-state index in [0.29, 0.717) is 6.04 Å². The molecule has 1 fully saturated rings. The third-order valence-corrected chi connectivity index (χ3v) is 4.22. The molecular weight excluding hydrogens is 270 g/mol. The molecule has 1 atom stereocenters. The van der Waals surface area contributed by atoms with Crippen molar-refractivity contribution < 1.29 is 0 Å². The van der Waals surface area contributed by atoms with Gasteiger partial charge in [-0.3, -0.25) is 0 Å².